The Kier molecular flexibility index (Phi) is 7.53. The Labute approximate surface area is 160 Å². The first-order chi connectivity index (χ1) is 12.9. The van der Waals surface area contributed by atoms with E-state index in [0.29, 0.717) is 6.54 Å². The van der Waals surface area contributed by atoms with E-state index in [-0.39, 0.29) is 30.6 Å². The molecule has 0 fully saturated rings. The highest BCUT2D eigenvalue weighted by Gasteiger charge is 2.26. The molecule has 0 aliphatic heterocycles. The largest absolute Gasteiger partial charge is 0.354 e. The molecule has 1 N–H and O–H groups in total. The number of nitrogens with one attached hydrogen (secondary N) is 1. The zero-order valence-corrected chi connectivity index (χ0v) is 16.2. The average molecular weight is 370 g/mol. The van der Waals surface area contributed by atoms with Crippen LogP contribution in [0, 0.1) is 12.7 Å². The molecule has 5 heteroatoms. The van der Waals surface area contributed by atoms with Crippen LogP contribution < -0.4 is 5.32 Å². The Balaban J connectivity index is 2.21. The Morgan fingerprint density at radius 3 is 2.41 bits per heavy atom. The topological polar surface area (TPSA) is 49.4 Å². The SMILES string of the molecule is CCCNC(=O)[C@@H](C)N(Cc1ccc(F)cc1)C(=O)Cc1ccccc1C. The number of amides is 2. The fraction of sp³-hybridized carbons (Fsp3) is 0.364. The van der Waals surface area contributed by atoms with Gasteiger partial charge in [0.2, 0.25) is 11.8 Å². The highest BCUT2D eigenvalue weighted by molar-refractivity contribution is 5.88. The molecule has 1 atom stereocenters. The van der Waals surface area contributed by atoms with E-state index in [2.05, 4.69) is 5.32 Å². The molecule has 0 bridgehead atoms. The summed E-state index contributed by atoms with van der Waals surface area (Å²) in [7, 11) is 0. The van der Waals surface area contributed by atoms with Gasteiger partial charge in [0, 0.05) is 13.1 Å². The zero-order chi connectivity index (χ0) is 19.8. The molecule has 2 aromatic carbocycles. The second kappa shape index (κ2) is 9.86. The van der Waals surface area contributed by atoms with E-state index in [9.17, 15) is 14.0 Å². The van der Waals surface area contributed by atoms with Crippen molar-refractivity contribution < 1.29 is 14.0 Å². The summed E-state index contributed by atoms with van der Waals surface area (Å²) in [5.41, 5.74) is 2.76. The molecule has 0 radical (unpaired) electrons. The number of benzene rings is 2. The first-order valence-corrected chi connectivity index (χ1v) is 9.28. The van der Waals surface area contributed by atoms with Gasteiger partial charge < -0.3 is 10.2 Å². The molecule has 0 heterocycles. The zero-order valence-electron chi connectivity index (χ0n) is 16.2. The van der Waals surface area contributed by atoms with Crippen molar-refractivity contribution in [3.8, 4) is 0 Å². The van der Waals surface area contributed by atoms with Crippen LogP contribution in [0.1, 0.15) is 37.0 Å². The molecule has 2 amide bonds. The monoisotopic (exact) mass is 370 g/mol. The van der Waals surface area contributed by atoms with Crippen molar-refractivity contribution in [2.75, 3.05) is 6.54 Å². The fourth-order valence-electron chi connectivity index (χ4n) is 2.84. The van der Waals surface area contributed by atoms with Crippen molar-refractivity contribution in [3.63, 3.8) is 0 Å². The van der Waals surface area contributed by atoms with Gasteiger partial charge in [-0.2, -0.15) is 0 Å². The van der Waals surface area contributed by atoms with Gasteiger partial charge in [-0.15, -0.1) is 0 Å². The Morgan fingerprint density at radius 2 is 1.78 bits per heavy atom. The number of nitrogens with zero attached hydrogens (tertiary/aromatic N) is 1. The highest BCUT2D eigenvalue weighted by atomic mass is 19.1. The minimum absolute atomic E-state index is 0.132. The van der Waals surface area contributed by atoms with Crippen molar-refractivity contribution >= 4 is 11.8 Å². The Hall–Kier alpha value is -2.69. The van der Waals surface area contributed by atoms with Crippen LogP contribution in [0.15, 0.2) is 48.5 Å². The van der Waals surface area contributed by atoms with Crippen LogP contribution in [0.25, 0.3) is 0 Å². The van der Waals surface area contributed by atoms with Gasteiger partial charge in [-0.1, -0.05) is 43.3 Å². The summed E-state index contributed by atoms with van der Waals surface area (Å²) in [6.07, 6.45) is 1.05. The van der Waals surface area contributed by atoms with Gasteiger partial charge >= 0.3 is 0 Å². The fourth-order valence-corrected chi connectivity index (χ4v) is 2.84. The summed E-state index contributed by atoms with van der Waals surface area (Å²) in [6, 6.07) is 13.1. The quantitative estimate of drug-likeness (QED) is 0.772. The van der Waals surface area contributed by atoms with Crippen LogP contribution in [0.3, 0.4) is 0 Å². The van der Waals surface area contributed by atoms with Gasteiger partial charge in [0.15, 0.2) is 0 Å². The van der Waals surface area contributed by atoms with Gasteiger partial charge in [-0.05, 0) is 49.1 Å². The predicted molar refractivity (Wildman–Crippen MR) is 105 cm³/mol. The summed E-state index contributed by atoms with van der Waals surface area (Å²) in [5, 5.41) is 2.84. The van der Waals surface area contributed by atoms with E-state index in [1.807, 2.05) is 38.1 Å². The number of halogens is 1. The molecule has 0 saturated carbocycles. The normalized spacial score (nSPS) is 11.7. The lowest BCUT2D eigenvalue weighted by atomic mass is 10.0. The lowest BCUT2D eigenvalue weighted by Gasteiger charge is -2.29. The molecule has 2 rings (SSSR count). The lowest BCUT2D eigenvalue weighted by molar-refractivity contribution is -0.140. The van der Waals surface area contributed by atoms with E-state index in [4.69, 9.17) is 0 Å². The molecule has 0 unspecified atom stereocenters. The summed E-state index contributed by atoms with van der Waals surface area (Å²) in [6.45, 7) is 6.49. The minimum Gasteiger partial charge on any atom is -0.354 e. The molecule has 0 saturated heterocycles. The lowest BCUT2D eigenvalue weighted by Crippen LogP contribution is -2.48. The number of rotatable bonds is 8. The maximum Gasteiger partial charge on any atom is 0.242 e. The van der Waals surface area contributed by atoms with Gasteiger partial charge in [-0.3, -0.25) is 9.59 Å². The van der Waals surface area contributed by atoms with Crippen LogP contribution in [-0.2, 0) is 22.6 Å². The van der Waals surface area contributed by atoms with Crippen molar-refractivity contribution in [3.05, 3.63) is 71.0 Å². The molecule has 0 aromatic heterocycles. The maximum atomic E-state index is 13.2. The molecule has 0 aliphatic rings. The van der Waals surface area contributed by atoms with Crippen LogP contribution in [0.4, 0.5) is 4.39 Å². The minimum atomic E-state index is -0.613. The van der Waals surface area contributed by atoms with E-state index in [1.165, 1.54) is 12.1 Å². The van der Waals surface area contributed by atoms with Crippen molar-refractivity contribution in [1.29, 1.82) is 0 Å². The van der Waals surface area contributed by atoms with Crippen molar-refractivity contribution in [2.45, 2.75) is 46.2 Å². The van der Waals surface area contributed by atoms with Crippen LogP contribution in [0.2, 0.25) is 0 Å². The highest BCUT2D eigenvalue weighted by Crippen LogP contribution is 2.15. The second-order valence-electron chi connectivity index (χ2n) is 6.72. The molecule has 0 aliphatic carbocycles. The molecule has 27 heavy (non-hydrogen) atoms. The first-order valence-electron chi connectivity index (χ1n) is 9.28. The molecule has 2 aromatic rings. The average Bonchev–Trinajstić information content (AvgIpc) is 2.66. The van der Waals surface area contributed by atoms with Gasteiger partial charge in [0.05, 0.1) is 6.42 Å². The Morgan fingerprint density at radius 1 is 1.11 bits per heavy atom. The van der Waals surface area contributed by atoms with Gasteiger partial charge in [0.25, 0.3) is 0 Å². The third-order valence-corrected chi connectivity index (χ3v) is 4.59. The maximum absolute atomic E-state index is 13.2. The third-order valence-electron chi connectivity index (χ3n) is 4.59. The summed E-state index contributed by atoms with van der Waals surface area (Å²) in [4.78, 5) is 27.0. The summed E-state index contributed by atoms with van der Waals surface area (Å²) >= 11 is 0. The van der Waals surface area contributed by atoms with E-state index >= 15 is 0 Å². The second-order valence-corrected chi connectivity index (χ2v) is 6.72. The first kappa shape index (κ1) is 20.6. The molecule has 144 valence electrons. The number of hydrogen-bond acceptors (Lipinski definition) is 2. The van der Waals surface area contributed by atoms with Crippen LogP contribution >= 0.6 is 0 Å². The van der Waals surface area contributed by atoms with Gasteiger partial charge in [0.1, 0.15) is 11.9 Å². The molecule has 0 spiro atoms. The summed E-state index contributed by atoms with van der Waals surface area (Å²) < 4.78 is 13.2. The molecular formula is C22H27FN2O2. The molecule has 4 nitrogen and oxygen atoms in total. The number of aryl methyl sites for hydroxylation is 1. The van der Waals surface area contributed by atoms with Crippen molar-refractivity contribution in [1.82, 2.24) is 10.2 Å². The third kappa shape index (κ3) is 5.91. The van der Waals surface area contributed by atoms with E-state index in [0.717, 1.165) is 23.1 Å². The summed E-state index contributed by atoms with van der Waals surface area (Å²) in [5.74, 6) is -0.643. The predicted octanol–water partition coefficient (Wildman–Crippen LogP) is 3.62. The van der Waals surface area contributed by atoms with E-state index < -0.39 is 6.04 Å². The van der Waals surface area contributed by atoms with Crippen LogP contribution in [0.5, 0.6) is 0 Å². The smallest absolute Gasteiger partial charge is 0.242 e. The number of hydrogen-bond donors (Lipinski definition) is 1. The van der Waals surface area contributed by atoms with Gasteiger partial charge in [-0.25, -0.2) is 4.39 Å². The van der Waals surface area contributed by atoms with Crippen LogP contribution in [-0.4, -0.2) is 29.3 Å². The number of carbonyl (C=O) groups is 2. The Bertz CT molecular complexity index is 774. The number of carbonyl (C=O) groups excluding carboxylic acids is 2. The van der Waals surface area contributed by atoms with E-state index in [1.54, 1.807) is 24.0 Å². The standard InChI is InChI=1S/C22H27FN2O2/c1-4-13-24-22(27)17(3)25(15-18-9-11-20(23)12-10-18)21(26)14-19-8-6-5-7-16(19)2/h5-12,17H,4,13-15H2,1-3H3,(H,24,27)/t17-/m1/s1. The molecular weight excluding hydrogens is 343 g/mol. The van der Waals surface area contributed by atoms with Crippen molar-refractivity contribution in [2.24, 2.45) is 0 Å².